The van der Waals surface area contributed by atoms with Crippen molar-refractivity contribution in [2.45, 2.75) is 22.8 Å². The summed E-state index contributed by atoms with van der Waals surface area (Å²) in [6.45, 7) is 3.54. The van der Waals surface area contributed by atoms with Crippen molar-refractivity contribution in [3.8, 4) is 0 Å². The number of nitrogens with zero attached hydrogens (tertiary/aromatic N) is 1. The predicted octanol–water partition coefficient (Wildman–Crippen LogP) is 2.08. The molecule has 3 aliphatic heterocycles. The van der Waals surface area contributed by atoms with Crippen LogP contribution < -0.4 is 26.9 Å². The first-order valence-electron chi connectivity index (χ1n) is 11.8. The SMILES string of the molecule is O=C(C[N+]12CCC(CC1)[C@@H]([I-]OC(=O)C(Nc1ccc(F)cc1)c1ccccc1)C2)c1cccs1. The molecule has 2 aromatic carbocycles. The van der Waals surface area contributed by atoms with Crippen molar-refractivity contribution in [2.24, 2.45) is 5.92 Å². The van der Waals surface area contributed by atoms with Crippen molar-refractivity contribution < 1.29 is 43.1 Å². The van der Waals surface area contributed by atoms with Crippen molar-refractivity contribution >= 4 is 28.8 Å². The molecule has 1 aromatic heterocycles. The number of hydrogen-bond acceptors (Lipinski definition) is 5. The minimum absolute atomic E-state index is 0.224. The first-order chi connectivity index (χ1) is 17.0. The van der Waals surface area contributed by atoms with Crippen LogP contribution in [-0.2, 0) is 7.86 Å². The number of alkyl halides is 1. The molecule has 5 nitrogen and oxygen atoms in total. The Labute approximate surface area is 219 Å². The van der Waals surface area contributed by atoms with Crippen LogP contribution in [0.1, 0.15) is 34.1 Å². The summed E-state index contributed by atoms with van der Waals surface area (Å²) < 4.78 is 20.6. The van der Waals surface area contributed by atoms with Gasteiger partial charge in [-0.2, -0.15) is 0 Å². The van der Waals surface area contributed by atoms with Gasteiger partial charge in [0.2, 0.25) is 0 Å². The van der Waals surface area contributed by atoms with Gasteiger partial charge in [-0.3, -0.25) is 0 Å². The predicted molar refractivity (Wildman–Crippen MR) is 130 cm³/mol. The quantitative estimate of drug-likeness (QED) is 0.176. The van der Waals surface area contributed by atoms with E-state index in [-0.39, 0.29) is 17.6 Å². The minimum atomic E-state index is -0.838. The number of fused-ring (bicyclic) bond motifs is 3. The fourth-order valence-corrected chi connectivity index (χ4v) is 8.74. The topological polar surface area (TPSA) is 55.4 Å². The molecule has 0 spiro atoms. The van der Waals surface area contributed by atoms with E-state index in [1.807, 2.05) is 47.8 Å². The number of thiophene rings is 1. The van der Waals surface area contributed by atoms with Crippen LogP contribution >= 0.6 is 11.3 Å². The van der Waals surface area contributed by atoms with E-state index in [1.54, 1.807) is 12.1 Å². The molecule has 6 rings (SSSR count). The molecule has 3 saturated heterocycles. The van der Waals surface area contributed by atoms with Gasteiger partial charge in [0.05, 0.1) is 0 Å². The van der Waals surface area contributed by atoms with Gasteiger partial charge < -0.3 is 0 Å². The van der Waals surface area contributed by atoms with E-state index in [0.717, 1.165) is 47.4 Å². The third kappa shape index (κ3) is 5.76. The summed E-state index contributed by atoms with van der Waals surface area (Å²) in [6.07, 6.45) is 2.19. The van der Waals surface area contributed by atoms with E-state index in [1.165, 1.54) is 23.5 Å². The van der Waals surface area contributed by atoms with Crippen LogP contribution in [0, 0.1) is 11.7 Å². The van der Waals surface area contributed by atoms with Crippen molar-refractivity contribution in [1.29, 1.82) is 0 Å². The van der Waals surface area contributed by atoms with Crippen LogP contribution in [0.15, 0.2) is 72.1 Å². The second-order valence-corrected chi connectivity index (χ2v) is 12.9. The Morgan fingerprint density at radius 2 is 1.80 bits per heavy atom. The molecule has 8 heteroatoms. The summed E-state index contributed by atoms with van der Waals surface area (Å²) in [5.41, 5.74) is 1.47. The summed E-state index contributed by atoms with van der Waals surface area (Å²) in [7, 11) is 0. The molecule has 0 radical (unpaired) electrons. The molecule has 184 valence electrons. The molecule has 4 heterocycles. The number of halogens is 2. The third-order valence-corrected chi connectivity index (χ3v) is 10.7. The van der Waals surface area contributed by atoms with Crippen LogP contribution in [0.2, 0.25) is 0 Å². The monoisotopic (exact) mass is 606 g/mol. The maximum absolute atomic E-state index is 13.4. The molecule has 1 unspecified atom stereocenters. The molecule has 0 amide bonds. The molecule has 2 atom stereocenters. The van der Waals surface area contributed by atoms with Gasteiger partial charge in [0.1, 0.15) is 0 Å². The van der Waals surface area contributed by atoms with E-state index in [0.29, 0.717) is 22.1 Å². The fraction of sp³-hybridized carbons (Fsp3) is 0.333. The van der Waals surface area contributed by atoms with Gasteiger partial charge in [0, 0.05) is 0 Å². The summed E-state index contributed by atoms with van der Waals surface area (Å²) in [4.78, 5) is 27.0. The number of ketones is 1. The van der Waals surface area contributed by atoms with Crippen molar-refractivity contribution in [3.05, 3.63) is 88.4 Å². The van der Waals surface area contributed by atoms with Gasteiger partial charge in [-0.1, -0.05) is 0 Å². The summed E-state index contributed by atoms with van der Waals surface area (Å²) in [5, 5.41) is 5.17. The summed E-state index contributed by atoms with van der Waals surface area (Å²) >= 11 is 0.672. The Balaban J connectivity index is 1.25. The molecule has 35 heavy (non-hydrogen) atoms. The Bertz CT molecular complexity index is 1150. The number of carbonyl (C=O) groups excluding carboxylic acids is 2. The molecular formula is C27H28FIN2O3S. The second-order valence-electron chi connectivity index (χ2n) is 9.36. The Hall–Kier alpha value is -2.30. The first-order valence-corrected chi connectivity index (χ1v) is 14.8. The van der Waals surface area contributed by atoms with Crippen LogP contribution in [0.5, 0.6) is 0 Å². The normalized spacial score (nSPS) is 24.1. The van der Waals surface area contributed by atoms with Gasteiger partial charge in [-0.05, 0) is 0 Å². The number of carbonyl (C=O) groups is 2. The Kier molecular flexibility index (Phi) is 7.50. The number of Topliss-reactive ketones (excluding diaryl/α,β-unsaturated/α-hetero) is 1. The number of hydrogen-bond donors (Lipinski definition) is 1. The van der Waals surface area contributed by atoms with E-state index in [2.05, 4.69) is 5.32 Å². The Morgan fingerprint density at radius 1 is 1.06 bits per heavy atom. The summed E-state index contributed by atoms with van der Waals surface area (Å²) in [5.74, 6) is 0.179. The second kappa shape index (κ2) is 10.8. The number of anilines is 1. The van der Waals surface area contributed by atoms with Crippen LogP contribution in [0.25, 0.3) is 0 Å². The van der Waals surface area contributed by atoms with Crippen LogP contribution in [-0.4, -0.2) is 46.3 Å². The van der Waals surface area contributed by atoms with Gasteiger partial charge in [-0.15, -0.1) is 0 Å². The van der Waals surface area contributed by atoms with Crippen LogP contribution in [0.4, 0.5) is 10.1 Å². The van der Waals surface area contributed by atoms with E-state index in [4.69, 9.17) is 3.07 Å². The maximum atomic E-state index is 13.4. The average Bonchev–Trinajstić information content (AvgIpc) is 3.43. The molecule has 2 bridgehead atoms. The van der Waals surface area contributed by atoms with Crippen molar-refractivity contribution in [2.75, 3.05) is 31.5 Å². The molecule has 0 saturated carbocycles. The standard InChI is InChI=1S/C27H28FIN2O3S/c28-21-8-10-22(11-9-21)30-26(20-5-2-1-3-6-20)27(33)34-29-23-17-31(14-12-19(23)13-15-31)18-24(32)25-7-4-16-35-25/h1-11,16,19,23,26,30H,12-15,17-18H2/t19?,23-,26?,31?/m0/s1. The summed E-state index contributed by atoms with van der Waals surface area (Å²) in [6, 6.07) is 18.6. The molecular weight excluding hydrogens is 578 g/mol. The van der Waals surface area contributed by atoms with E-state index >= 15 is 0 Å². The zero-order valence-corrected chi connectivity index (χ0v) is 22.2. The number of nitrogens with one attached hydrogen (secondary N) is 1. The third-order valence-electron chi connectivity index (χ3n) is 7.06. The zero-order valence-electron chi connectivity index (χ0n) is 19.2. The first kappa shape index (κ1) is 24.4. The molecule has 0 aliphatic carbocycles. The number of quaternary nitrogens is 1. The number of piperidine rings is 3. The fourth-order valence-electron chi connectivity index (χ4n) is 5.12. The molecule has 1 N–H and O–H groups in total. The van der Waals surface area contributed by atoms with E-state index in [9.17, 15) is 14.0 Å². The van der Waals surface area contributed by atoms with E-state index < -0.39 is 27.7 Å². The molecule has 3 aliphatic rings. The average molecular weight is 607 g/mol. The van der Waals surface area contributed by atoms with Gasteiger partial charge in [0.25, 0.3) is 0 Å². The zero-order chi connectivity index (χ0) is 24.3. The number of benzene rings is 2. The van der Waals surface area contributed by atoms with Gasteiger partial charge >= 0.3 is 221 Å². The molecule has 3 fully saturated rings. The van der Waals surface area contributed by atoms with Crippen LogP contribution in [0.3, 0.4) is 0 Å². The number of rotatable bonds is 9. The van der Waals surface area contributed by atoms with Crippen molar-refractivity contribution in [3.63, 3.8) is 0 Å². The Morgan fingerprint density at radius 3 is 2.49 bits per heavy atom. The van der Waals surface area contributed by atoms with Crippen molar-refractivity contribution in [1.82, 2.24) is 0 Å². The molecule has 3 aromatic rings. The van der Waals surface area contributed by atoms with Gasteiger partial charge in [-0.25, -0.2) is 0 Å². The van der Waals surface area contributed by atoms with Gasteiger partial charge in [0.15, 0.2) is 0 Å².